The number of hydrogen-bond acceptors (Lipinski definition) is 4. The van der Waals surface area contributed by atoms with E-state index in [9.17, 15) is 0 Å². The highest BCUT2D eigenvalue weighted by atomic mass is 79.9. The third-order valence-corrected chi connectivity index (χ3v) is 2.84. The Labute approximate surface area is 103 Å². The van der Waals surface area contributed by atoms with E-state index in [1.807, 2.05) is 18.2 Å². The van der Waals surface area contributed by atoms with Crippen LogP contribution in [0.4, 0.5) is 5.69 Å². The van der Waals surface area contributed by atoms with Crippen molar-refractivity contribution in [1.82, 2.24) is 0 Å². The van der Waals surface area contributed by atoms with Gasteiger partial charge in [-0.2, -0.15) is 0 Å². The minimum atomic E-state index is -0.134. The SMILES string of the molecule is COc1ccc(NC(CO)CCO)cc1Br. The third kappa shape index (κ3) is 3.66. The first kappa shape index (κ1) is 13.3. The Hall–Kier alpha value is -0.780. The molecule has 16 heavy (non-hydrogen) atoms. The number of hydrogen-bond donors (Lipinski definition) is 3. The molecule has 1 aromatic rings. The molecule has 1 rings (SSSR count). The van der Waals surface area contributed by atoms with Gasteiger partial charge in [0.2, 0.25) is 0 Å². The predicted octanol–water partition coefficient (Wildman–Crippen LogP) is 1.61. The molecule has 0 bridgehead atoms. The maximum absolute atomic E-state index is 9.08. The van der Waals surface area contributed by atoms with E-state index in [0.29, 0.717) is 6.42 Å². The Morgan fingerprint density at radius 1 is 1.44 bits per heavy atom. The second-order valence-electron chi connectivity index (χ2n) is 3.39. The predicted molar refractivity (Wildman–Crippen MR) is 66.9 cm³/mol. The average molecular weight is 290 g/mol. The van der Waals surface area contributed by atoms with E-state index >= 15 is 0 Å². The van der Waals surface area contributed by atoms with Gasteiger partial charge in [-0.25, -0.2) is 0 Å². The van der Waals surface area contributed by atoms with Gasteiger partial charge in [0, 0.05) is 12.3 Å². The average Bonchev–Trinajstić information content (AvgIpc) is 2.28. The van der Waals surface area contributed by atoms with Crippen molar-refractivity contribution in [3.63, 3.8) is 0 Å². The molecule has 0 amide bonds. The van der Waals surface area contributed by atoms with Gasteiger partial charge in [0.1, 0.15) is 5.75 Å². The van der Waals surface area contributed by atoms with Crippen LogP contribution in [0.25, 0.3) is 0 Å². The number of anilines is 1. The molecule has 5 heteroatoms. The number of benzene rings is 1. The molecular weight excluding hydrogens is 274 g/mol. The molecule has 0 aliphatic carbocycles. The molecule has 0 saturated carbocycles. The molecule has 1 unspecified atom stereocenters. The van der Waals surface area contributed by atoms with Crippen LogP contribution in [0.5, 0.6) is 5.75 Å². The van der Waals surface area contributed by atoms with E-state index in [1.165, 1.54) is 0 Å². The standard InChI is InChI=1S/C11H16BrNO3/c1-16-11-3-2-8(6-10(11)12)13-9(7-15)4-5-14/h2-3,6,9,13-15H,4-5,7H2,1H3. The normalized spacial score (nSPS) is 12.2. The molecular formula is C11H16BrNO3. The summed E-state index contributed by atoms with van der Waals surface area (Å²) in [5.74, 6) is 0.758. The summed E-state index contributed by atoms with van der Waals surface area (Å²) in [7, 11) is 1.61. The molecule has 0 fully saturated rings. The second-order valence-corrected chi connectivity index (χ2v) is 4.24. The molecule has 3 N–H and O–H groups in total. The van der Waals surface area contributed by atoms with Crippen LogP contribution in [-0.2, 0) is 0 Å². The van der Waals surface area contributed by atoms with Gasteiger partial charge in [-0.1, -0.05) is 0 Å². The number of rotatable bonds is 6. The molecule has 0 saturated heterocycles. The van der Waals surface area contributed by atoms with Gasteiger partial charge in [0.15, 0.2) is 0 Å². The topological polar surface area (TPSA) is 61.7 Å². The maximum atomic E-state index is 9.08. The van der Waals surface area contributed by atoms with Crippen molar-refractivity contribution < 1.29 is 14.9 Å². The summed E-state index contributed by atoms with van der Waals surface area (Å²) in [5, 5.41) is 21.0. The van der Waals surface area contributed by atoms with Crippen LogP contribution in [0.3, 0.4) is 0 Å². The number of nitrogens with one attached hydrogen (secondary N) is 1. The van der Waals surface area contributed by atoms with E-state index in [2.05, 4.69) is 21.2 Å². The van der Waals surface area contributed by atoms with Crippen LogP contribution in [0.15, 0.2) is 22.7 Å². The van der Waals surface area contributed by atoms with Crippen LogP contribution < -0.4 is 10.1 Å². The number of methoxy groups -OCH3 is 1. The highest BCUT2D eigenvalue weighted by Crippen LogP contribution is 2.28. The lowest BCUT2D eigenvalue weighted by molar-refractivity contribution is 0.229. The van der Waals surface area contributed by atoms with E-state index in [4.69, 9.17) is 14.9 Å². The Bertz CT molecular complexity index is 333. The van der Waals surface area contributed by atoms with Gasteiger partial charge < -0.3 is 20.3 Å². The lowest BCUT2D eigenvalue weighted by Crippen LogP contribution is -2.24. The van der Waals surface area contributed by atoms with Crippen LogP contribution in [0, 0.1) is 0 Å². The van der Waals surface area contributed by atoms with E-state index in [1.54, 1.807) is 7.11 Å². The Balaban J connectivity index is 2.69. The quantitative estimate of drug-likeness (QED) is 0.745. The van der Waals surface area contributed by atoms with Crippen molar-refractivity contribution >= 4 is 21.6 Å². The smallest absolute Gasteiger partial charge is 0.133 e. The first-order valence-electron chi connectivity index (χ1n) is 5.03. The van der Waals surface area contributed by atoms with Crippen molar-refractivity contribution in [2.75, 3.05) is 25.6 Å². The monoisotopic (exact) mass is 289 g/mol. The first-order chi connectivity index (χ1) is 7.71. The highest BCUT2D eigenvalue weighted by Gasteiger charge is 2.07. The first-order valence-corrected chi connectivity index (χ1v) is 5.82. The minimum Gasteiger partial charge on any atom is -0.496 e. The van der Waals surface area contributed by atoms with Crippen molar-refractivity contribution in [2.45, 2.75) is 12.5 Å². The fourth-order valence-electron chi connectivity index (χ4n) is 1.36. The van der Waals surface area contributed by atoms with Gasteiger partial charge >= 0.3 is 0 Å². The van der Waals surface area contributed by atoms with Gasteiger partial charge in [-0.15, -0.1) is 0 Å². The fourth-order valence-corrected chi connectivity index (χ4v) is 1.90. The van der Waals surface area contributed by atoms with Gasteiger partial charge in [-0.3, -0.25) is 0 Å². The maximum Gasteiger partial charge on any atom is 0.133 e. The lowest BCUT2D eigenvalue weighted by atomic mass is 10.2. The van der Waals surface area contributed by atoms with Gasteiger partial charge in [-0.05, 0) is 40.5 Å². The van der Waals surface area contributed by atoms with Crippen molar-refractivity contribution in [3.05, 3.63) is 22.7 Å². The van der Waals surface area contributed by atoms with Crippen LogP contribution >= 0.6 is 15.9 Å². The molecule has 0 heterocycles. The molecule has 0 aromatic heterocycles. The second kappa shape index (κ2) is 6.73. The summed E-state index contributed by atoms with van der Waals surface area (Å²) in [6, 6.07) is 5.44. The van der Waals surface area contributed by atoms with Gasteiger partial charge in [0.25, 0.3) is 0 Å². The molecule has 4 nitrogen and oxygen atoms in total. The molecule has 0 aliphatic rings. The van der Waals surface area contributed by atoms with Crippen LogP contribution in [-0.4, -0.2) is 36.6 Å². The van der Waals surface area contributed by atoms with Crippen molar-refractivity contribution in [2.24, 2.45) is 0 Å². The molecule has 0 aliphatic heterocycles. The summed E-state index contributed by atoms with van der Waals surface area (Å²) in [6.45, 7) is 0.0414. The van der Waals surface area contributed by atoms with E-state index in [0.717, 1.165) is 15.9 Å². The molecule has 0 radical (unpaired) electrons. The third-order valence-electron chi connectivity index (χ3n) is 2.22. The van der Waals surface area contributed by atoms with Crippen molar-refractivity contribution in [1.29, 1.82) is 0 Å². The Kier molecular flexibility index (Phi) is 5.59. The van der Waals surface area contributed by atoms with Crippen molar-refractivity contribution in [3.8, 4) is 5.75 Å². The summed E-state index contributed by atoms with van der Waals surface area (Å²) >= 11 is 3.38. The zero-order valence-electron chi connectivity index (χ0n) is 9.11. The number of halogens is 1. The Morgan fingerprint density at radius 3 is 2.69 bits per heavy atom. The highest BCUT2D eigenvalue weighted by molar-refractivity contribution is 9.10. The minimum absolute atomic E-state index is 0.00971. The number of aliphatic hydroxyl groups is 2. The largest absolute Gasteiger partial charge is 0.496 e. The number of aliphatic hydroxyl groups excluding tert-OH is 2. The molecule has 1 atom stereocenters. The zero-order valence-corrected chi connectivity index (χ0v) is 10.7. The lowest BCUT2D eigenvalue weighted by Gasteiger charge is -2.17. The summed E-state index contributed by atoms with van der Waals surface area (Å²) in [6.07, 6.45) is 0.514. The summed E-state index contributed by atoms with van der Waals surface area (Å²) in [4.78, 5) is 0. The molecule has 0 spiro atoms. The van der Waals surface area contributed by atoms with Gasteiger partial charge in [0.05, 0.1) is 24.2 Å². The molecule has 1 aromatic carbocycles. The zero-order chi connectivity index (χ0) is 12.0. The van der Waals surface area contributed by atoms with Crippen LogP contribution in [0.1, 0.15) is 6.42 Å². The van der Waals surface area contributed by atoms with Crippen LogP contribution in [0.2, 0.25) is 0 Å². The summed E-state index contributed by atoms with van der Waals surface area (Å²) in [5.41, 5.74) is 0.875. The Morgan fingerprint density at radius 2 is 2.19 bits per heavy atom. The molecule has 90 valence electrons. The van der Waals surface area contributed by atoms with E-state index < -0.39 is 0 Å². The number of ether oxygens (including phenoxy) is 1. The fraction of sp³-hybridized carbons (Fsp3) is 0.455. The summed E-state index contributed by atoms with van der Waals surface area (Å²) < 4.78 is 5.96. The van der Waals surface area contributed by atoms with E-state index in [-0.39, 0.29) is 19.3 Å².